The van der Waals surface area contributed by atoms with Gasteiger partial charge in [-0.3, -0.25) is 15.1 Å². The number of nitrogens with one attached hydrogen (secondary N) is 2. The van der Waals surface area contributed by atoms with Crippen LogP contribution >= 0.6 is 0 Å². The predicted molar refractivity (Wildman–Crippen MR) is 104 cm³/mol. The van der Waals surface area contributed by atoms with Crippen molar-refractivity contribution in [2.24, 2.45) is 0 Å². The lowest BCUT2D eigenvalue weighted by Gasteiger charge is -2.20. The Morgan fingerprint density at radius 1 is 1.18 bits per heavy atom. The van der Waals surface area contributed by atoms with Gasteiger partial charge in [-0.15, -0.1) is 0 Å². The number of rotatable bonds is 5. The first-order valence-corrected chi connectivity index (χ1v) is 8.44. The second kappa shape index (κ2) is 8.51. The Kier molecular flexibility index (Phi) is 6.35. The van der Waals surface area contributed by atoms with Crippen LogP contribution in [0.4, 0.5) is 20.6 Å². The average molecular weight is 387 g/mol. The predicted octanol–water partition coefficient (Wildman–Crippen LogP) is 4.81. The van der Waals surface area contributed by atoms with Crippen molar-refractivity contribution >= 4 is 23.4 Å². The Labute approximate surface area is 162 Å². The molecule has 0 radical (unpaired) electrons. The molecule has 2 aromatic rings. The van der Waals surface area contributed by atoms with Crippen molar-refractivity contribution < 1.29 is 23.5 Å². The van der Waals surface area contributed by atoms with Gasteiger partial charge < -0.3 is 14.8 Å². The molecule has 1 aromatic heterocycles. The minimum atomic E-state index is -0.974. The molecule has 0 aliphatic heterocycles. The number of aromatic nitrogens is 1. The van der Waals surface area contributed by atoms with E-state index in [1.807, 2.05) is 0 Å². The zero-order valence-electron chi connectivity index (χ0n) is 16.1. The highest BCUT2D eigenvalue weighted by molar-refractivity contribution is 6.04. The third kappa shape index (κ3) is 6.39. The van der Waals surface area contributed by atoms with Crippen LogP contribution in [0.1, 0.15) is 36.8 Å². The number of carbonyl (C=O) groups is 2. The van der Waals surface area contributed by atoms with Gasteiger partial charge in [-0.05, 0) is 58.5 Å². The first-order valence-electron chi connectivity index (χ1n) is 8.44. The molecule has 2 N–H and O–H groups in total. The largest absolute Gasteiger partial charge is 0.444 e. The molecule has 28 heavy (non-hydrogen) atoms. The maximum absolute atomic E-state index is 12.8. The molecule has 0 spiro atoms. The number of hydrogen-bond acceptors (Lipinski definition) is 5. The van der Waals surface area contributed by atoms with Crippen molar-refractivity contribution in [1.29, 1.82) is 0 Å². The fourth-order valence-corrected chi connectivity index (χ4v) is 2.17. The molecule has 0 aliphatic rings. The number of hydrogen-bond donors (Lipinski definition) is 2. The summed E-state index contributed by atoms with van der Waals surface area (Å²) >= 11 is 0. The third-order valence-corrected chi connectivity index (χ3v) is 3.31. The fourth-order valence-electron chi connectivity index (χ4n) is 2.17. The van der Waals surface area contributed by atoms with E-state index in [4.69, 9.17) is 9.47 Å². The molecule has 0 unspecified atom stereocenters. The molecule has 2 rings (SSSR count). The summed E-state index contributed by atoms with van der Waals surface area (Å²) in [6.07, 6.45) is 0.828. The molecule has 8 heteroatoms. The van der Waals surface area contributed by atoms with Crippen LogP contribution in [0.5, 0.6) is 5.75 Å². The van der Waals surface area contributed by atoms with Gasteiger partial charge in [0.15, 0.2) is 0 Å². The molecule has 0 fully saturated rings. The summed E-state index contributed by atoms with van der Waals surface area (Å²) in [6, 6.07) is 6.56. The molecule has 0 aliphatic carbocycles. The van der Waals surface area contributed by atoms with Crippen LogP contribution in [-0.4, -0.2) is 22.6 Å². The molecular formula is C20H22FN3O4. The lowest BCUT2D eigenvalue weighted by atomic mass is 10.2. The summed E-state index contributed by atoms with van der Waals surface area (Å²) in [5, 5.41) is 5.27. The molecule has 1 aromatic carbocycles. The summed E-state index contributed by atoms with van der Waals surface area (Å²) in [6.45, 7) is 9.99. The van der Waals surface area contributed by atoms with E-state index >= 15 is 0 Å². The zero-order valence-corrected chi connectivity index (χ0v) is 16.1. The molecule has 0 saturated heterocycles. The summed E-state index contributed by atoms with van der Waals surface area (Å²) < 4.78 is 22.8. The SMILES string of the molecule is C=C(F)Oc1cccc(C(=O)Nc2cnc(C)c(NC(=O)OC(C)(C)C)c2)c1. The number of pyridine rings is 1. The number of benzene rings is 1. The molecule has 0 atom stereocenters. The van der Waals surface area contributed by atoms with Gasteiger partial charge in [0.2, 0.25) is 0 Å². The van der Waals surface area contributed by atoms with Gasteiger partial charge >= 0.3 is 6.09 Å². The third-order valence-electron chi connectivity index (χ3n) is 3.31. The highest BCUT2D eigenvalue weighted by Crippen LogP contribution is 2.21. The molecule has 148 valence electrons. The van der Waals surface area contributed by atoms with Gasteiger partial charge in [-0.25, -0.2) is 4.79 Å². The van der Waals surface area contributed by atoms with Gasteiger partial charge in [-0.1, -0.05) is 6.07 Å². The highest BCUT2D eigenvalue weighted by Gasteiger charge is 2.17. The van der Waals surface area contributed by atoms with Crippen LogP contribution in [-0.2, 0) is 4.74 Å². The minimum absolute atomic E-state index is 0.148. The quantitative estimate of drug-likeness (QED) is 0.719. The van der Waals surface area contributed by atoms with Gasteiger partial charge in [-0.2, -0.15) is 4.39 Å². The second-order valence-electron chi connectivity index (χ2n) is 6.92. The highest BCUT2D eigenvalue weighted by atomic mass is 19.1. The second-order valence-corrected chi connectivity index (χ2v) is 6.92. The standard InChI is InChI=1S/C20H22FN3O4/c1-12-17(24-19(26)28-20(3,4)5)10-15(11-22-12)23-18(25)14-7-6-8-16(9-14)27-13(2)21/h6-11H,2H2,1,3-5H3,(H,23,25)(H,24,26). The van der Waals surface area contributed by atoms with Crippen LogP contribution in [0.3, 0.4) is 0 Å². The van der Waals surface area contributed by atoms with Crippen molar-refractivity contribution in [3.8, 4) is 5.75 Å². The smallest absolute Gasteiger partial charge is 0.412 e. The van der Waals surface area contributed by atoms with Gasteiger partial charge in [0.05, 0.1) is 23.3 Å². The molecule has 0 saturated carbocycles. The normalized spacial score (nSPS) is 10.8. The summed E-state index contributed by atoms with van der Waals surface area (Å²) in [4.78, 5) is 28.6. The lowest BCUT2D eigenvalue weighted by molar-refractivity contribution is 0.0635. The Balaban J connectivity index is 2.13. The number of nitrogens with zero attached hydrogens (tertiary/aromatic N) is 1. The van der Waals surface area contributed by atoms with E-state index in [-0.39, 0.29) is 11.3 Å². The fraction of sp³-hybridized carbons (Fsp3) is 0.250. The van der Waals surface area contributed by atoms with Crippen molar-refractivity contribution in [3.05, 3.63) is 60.4 Å². The maximum atomic E-state index is 12.8. The van der Waals surface area contributed by atoms with E-state index in [0.717, 1.165) is 0 Å². The monoisotopic (exact) mass is 387 g/mol. The van der Waals surface area contributed by atoms with Gasteiger partial charge in [0.1, 0.15) is 11.4 Å². The first-order chi connectivity index (χ1) is 13.0. The topological polar surface area (TPSA) is 89.5 Å². The van der Waals surface area contributed by atoms with Gasteiger partial charge in [0, 0.05) is 5.56 Å². The average Bonchev–Trinajstić information content (AvgIpc) is 2.55. The number of anilines is 2. The number of halogens is 1. The van der Waals surface area contributed by atoms with Gasteiger partial charge in [0.25, 0.3) is 11.9 Å². The first kappa shape index (κ1) is 20.9. The number of ether oxygens (including phenoxy) is 2. The van der Waals surface area contributed by atoms with Crippen LogP contribution in [0.25, 0.3) is 0 Å². The van der Waals surface area contributed by atoms with Crippen LogP contribution < -0.4 is 15.4 Å². The van der Waals surface area contributed by atoms with E-state index in [2.05, 4.69) is 22.2 Å². The van der Waals surface area contributed by atoms with E-state index in [0.29, 0.717) is 17.1 Å². The Bertz CT molecular complexity index is 907. The van der Waals surface area contributed by atoms with Crippen molar-refractivity contribution in [3.63, 3.8) is 0 Å². The summed E-state index contributed by atoms with van der Waals surface area (Å²) in [5.74, 6) is -0.307. The molecular weight excluding hydrogens is 365 g/mol. The number of aryl methyl sites for hydroxylation is 1. The van der Waals surface area contributed by atoms with E-state index in [1.165, 1.54) is 18.3 Å². The maximum Gasteiger partial charge on any atom is 0.412 e. The Morgan fingerprint density at radius 3 is 2.54 bits per heavy atom. The molecule has 0 bridgehead atoms. The van der Waals surface area contributed by atoms with Crippen LogP contribution in [0, 0.1) is 6.92 Å². The molecule has 7 nitrogen and oxygen atoms in total. The minimum Gasteiger partial charge on any atom is -0.444 e. The van der Waals surface area contributed by atoms with Crippen LogP contribution in [0.15, 0.2) is 49.1 Å². The Morgan fingerprint density at radius 2 is 1.89 bits per heavy atom. The van der Waals surface area contributed by atoms with Crippen LogP contribution in [0.2, 0.25) is 0 Å². The summed E-state index contributed by atoms with van der Waals surface area (Å²) in [5.41, 5.74) is 0.928. The number of carbonyl (C=O) groups excluding carboxylic acids is 2. The zero-order chi connectivity index (χ0) is 20.9. The summed E-state index contributed by atoms with van der Waals surface area (Å²) in [7, 11) is 0. The van der Waals surface area contributed by atoms with Crippen molar-refractivity contribution in [2.75, 3.05) is 10.6 Å². The van der Waals surface area contributed by atoms with Crippen molar-refractivity contribution in [2.45, 2.75) is 33.3 Å². The molecule has 1 heterocycles. The molecule has 2 amide bonds. The van der Waals surface area contributed by atoms with E-state index in [1.54, 1.807) is 45.9 Å². The van der Waals surface area contributed by atoms with E-state index < -0.39 is 23.6 Å². The van der Waals surface area contributed by atoms with E-state index in [9.17, 15) is 14.0 Å². The Hall–Kier alpha value is -3.42. The van der Waals surface area contributed by atoms with Crippen molar-refractivity contribution in [1.82, 2.24) is 4.98 Å². The lowest BCUT2D eigenvalue weighted by Crippen LogP contribution is -2.27. The number of amides is 2.